The second-order valence-electron chi connectivity index (χ2n) is 4.91. The molecule has 0 spiro atoms. The van der Waals surface area contributed by atoms with Crippen LogP contribution in [0.2, 0.25) is 0 Å². The van der Waals surface area contributed by atoms with Crippen LogP contribution in [-0.4, -0.2) is 30.2 Å². The molecule has 0 atom stereocenters. The summed E-state index contributed by atoms with van der Waals surface area (Å²) in [5.41, 5.74) is -0.186. The molecule has 104 valence electrons. The van der Waals surface area contributed by atoms with Gasteiger partial charge in [-0.1, -0.05) is 36.9 Å². The summed E-state index contributed by atoms with van der Waals surface area (Å²) < 4.78 is 30.5. The number of benzene rings is 1. The molecule has 6 heteroatoms. The summed E-state index contributed by atoms with van der Waals surface area (Å²) in [5.74, 6) is -1.03. The quantitative estimate of drug-likeness (QED) is 0.633. The number of carbonyl (C=O) groups is 1. The lowest BCUT2D eigenvalue weighted by Gasteiger charge is -2.25. The highest BCUT2D eigenvalue weighted by molar-refractivity contribution is 7.85. The molecule has 1 rings (SSSR count). The summed E-state index contributed by atoms with van der Waals surface area (Å²) in [4.78, 5) is 12.0. The Bertz CT molecular complexity index is 576. The molecule has 0 heterocycles. The maximum absolute atomic E-state index is 12.0. The zero-order chi connectivity index (χ0) is 14.7. The number of amides is 1. The number of carbonyl (C=O) groups excluding carboxylic acids is 1. The number of rotatable bonds is 5. The molecule has 0 bridgehead atoms. The van der Waals surface area contributed by atoms with Crippen molar-refractivity contribution in [3.8, 4) is 0 Å². The van der Waals surface area contributed by atoms with Gasteiger partial charge in [-0.15, -0.1) is 0 Å². The van der Waals surface area contributed by atoms with E-state index in [1.807, 2.05) is 6.07 Å². The third-order valence-electron chi connectivity index (χ3n) is 2.39. The molecule has 5 nitrogen and oxygen atoms in total. The van der Waals surface area contributed by atoms with Crippen molar-refractivity contribution in [3.63, 3.8) is 0 Å². The van der Waals surface area contributed by atoms with Gasteiger partial charge >= 0.3 is 0 Å². The first-order valence-corrected chi connectivity index (χ1v) is 7.24. The second-order valence-corrected chi connectivity index (χ2v) is 6.36. The van der Waals surface area contributed by atoms with Gasteiger partial charge in [0.1, 0.15) is 0 Å². The van der Waals surface area contributed by atoms with E-state index in [1.165, 1.54) is 13.8 Å². The molecule has 0 fully saturated rings. The van der Waals surface area contributed by atoms with Gasteiger partial charge in [0.05, 0.1) is 11.3 Å². The Kier molecular flexibility index (Phi) is 4.49. The molecule has 2 N–H and O–H groups in total. The van der Waals surface area contributed by atoms with Crippen molar-refractivity contribution in [2.75, 3.05) is 5.75 Å². The van der Waals surface area contributed by atoms with Crippen LogP contribution >= 0.6 is 0 Å². The Labute approximate surface area is 113 Å². The molecule has 0 aliphatic heterocycles. The van der Waals surface area contributed by atoms with Gasteiger partial charge in [-0.05, 0) is 19.4 Å². The molecular formula is C13H17NO4S. The van der Waals surface area contributed by atoms with Crippen molar-refractivity contribution >= 4 is 21.6 Å². The standard InChI is InChI=1S/C13H17NO4S/c1-10(11-7-5-4-6-8-11)12(15)14-13(2,3)9-19(16,17)18/h4-8H,1,9H2,2-3H3,(H,14,15)(H,16,17,18). The van der Waals surface area contributed by atoms with Gasteiger partial charge < -0.3 is 5.32 Å². The topological polar surface area (TPSA) is 83.5 Å². The summed E-state index contributed by atoms with van der Waals surface area (Å²) in [6, 6.07) is 8.83. The first-order valence-electron chi connectivity index (χ1n) is 5.63. The minimum Gasteiger partial charge on any atom is -0.346 e. The molecule has 0 aliphatic carbocycles. The molecule has 0 saturated heterocycles. The lowest BCUT2D eigenvalue weighted by atomic mass is 10.0. The van der Waals surface area contributed by atoms with Crippen molar-refractivity contribution in [3.05, 3.63) is 42.5 Å². The molecule has 0 aliphatic rings. The number of hydrogen-bond donors (Lipinski definition) is 2. The predicted molar refractivity (Wildman–Crippen MR) is 74.1 cm³/mol. The Morgan fingerprint density at radius 2 is 1.84 bits per heavy atom. The highest BCUT2D eigenvalue weighted by Gasteiger charge is 2.27. The molecule has 19 heavy (non-hydrogen) atoms. The van der Waals surface area contributed by atoms with Crippen LogP contribution in [0.1, 0.15) is 19.4 Å². The largest absolute Gasteiger partial charge is 0.346 e. The molecular weight excluding hydrogens is 266 g/mol. The van der Waals surface area contributed by atoms with E-state index in [0.717, 1.165) is 0 Å². The van der Waals surface area contributed by atoms with Gasteiger partial charge in [0, 0.05) is 5.57 Å². The maximum atomic E-state index is 12.0. The fraction of sp³-hybridized carbons (Fsp3) is 0.308. The van der Waals surface area contributed by atoms with Crippen LogP contribution in [0.3, 0.4) is 0 Å². The SMILES string of the molecule is C=C(C(=O)NC(C)(C)CS(=O)(=O)O)c1ccccc1. The van der Waals surface area contributed by atoms with Crippen molar-refractivity contribution in [2.45, 2.75) is 19.4 Å². The minimum absolute atomic E-state index is 0.240. The number of nitrogens with one attached hydrogen (secondary N) is 1. The van der Waals surface area contributed by atoms with Crippen LogP contribution in [0.4, 0.5) is 0 Å². The van der Waals surface area contributed by atoms with Crippen LogP contribution in [0.25, 0.3) is 5.57 Å². The van der Waals surface area contributed by atoms with Crippen molar-refractivity contribution in [1.29, 1.82) is 0 Å². The van der Waals surface area contributed by atoms with Gasteiger partial charge in [-0.2, -0.15) is 8.42 Å². The Morgan fingerprint density at radius 3 is 2.32 bits per heavy atom. The van der Waals surface area contributed by atoms with E-state index in [9.17, 15) is 13.2 Å². The molecule has 0 unspecified atom stereocenters. The van der Waals surface area contributed by atoms with Gasteiger partial charge in [-0.3, -0.25) is 9.35 Å². The van der Waals surface area contributed by atoms with Crippen molar-refractivity contribution in [1.82, 2.24) is 5.32 Å². The lowest BCUT2D eigenvalue weighted by Crippen LogP contribution is -2.48. The molecule has 0 saturated carbocycles. The highest BCUT2D eigenvalue weighted by atomic mass is 32.2. The van der Waals surface area contributed by atoms with E-state index < -0.39 is 27.3 Å². The van der Waals surface area contributed by atoms with Crippen LogP contribution in [-0.2, 0) is 14.9 Å². The summed E-state index contributed by atoms with van der Waals surface area (Å²) in [6.45, 7) is 6.70. The van der Waals surface area contributed by atoms with Crippen LogP contribution in [0, 0.1) is 0 Å². The predicted octanol–water partition coefficient (Wildman–Crippen LogP) is 1.48. The molecule has 0 aromatic heterocycles. The number of hydrogen-bond acceptors (Lipinski definition) is 3. The molecule has 1 aromatic rings. The van der Waals surface area contributed by atoms with E-state index in [1.54, 1.807) is 24.3 Å². The monoisotopic (exact) mass is 283 g/mol. The molecule has 0 radical (unpaired) electrons. The Hall–Kier alpha value is -1.66. The molecule has 1 amide bonds. The van der Waals surface area contributed by atoms with E-state index in [0.29, 0.717) is 5.56 Å². The Morgan fingerprint density at radius 1 is 1.32 bits per heavy atom. The van der Waals surface area contributed by atoms with Gasteiger partial charge in [0.15, 0.2) is 0 Å². The summed E-state index contributed by atoms with van der Waals surface area (Å²) in [6.07, 6.45) is 0. The zero-order valence-corrected chi connectivity index (χ0v) is 11.7. The molecule has 1 aromatic carbocycles. The van der Waals surface area contributed by atoms with Gasteiger partial charge in [-0.25, -0.2) is 0 Å². The third kappa shape index (κ3) is 5.23. The van der Waals surface area contributed by atoms with Crippen molar-refractivity contribution in [2.24, 2.45) is 0 Å². The highest BCUT2D eigenvalue weighted by Crippen LogP contribution is 2.14. The summed E-state index contributed by atoms with van der Waals surface area (Å²) in [7, 11) is -4.16. The fourth-order valence-corrected chi connectivity index (χ4v) is 2.63. The summed E-state index contributed by atoms with van der Waals surface area (Å²) in [5, 5.41) is 2.53. The summed E-state index contributed by atoms with van der Waals surface area (Å²) >= 11 is 0. The van der Waals surface area contributed by atoms with Crippen molar-refractivity contribution < 1.29 is 17.8 Å². The van der Waals surface area contributed by atoms with Gasteiger partial charge in [0.2, 0.25) is 0 Å². The first-order chi connectivity index (χ1) is 8.61. The normalized spacial score (nSPS) is 11.9. The first kappa shape index (κ1) is 15.4. The van der Waals surface area contributed by atoms with Crippen LogP contribution in [0.5, 0.6) is 0 Å². The van der Waals surface area contributed by atoms with E-state index in [-0.39, 0.29) is 5.57 Å². The van der Waals surface area contributed by atoms with E-state index >= 15 is 0 Å². The van der Waals surface area contributed by atoms with Crippen LogP contribution < -0.4 is 5.32 Å². The van der Waals surface area contributed by atoms with E-state index in [2.05, 4.69) is 11.9 Å². The maximum Gasteiger partial charge on any atom is 0.267 e. The third-order valence-corrected chi connectivity index (χ3v) is 3.48. The fourth-order valence-electron chi connectivity index (χ4n) is 1.65. The average Bonchev–Trinajstić information content (AvgIpc) is 2.25. The van der Waals surface area contributed by atoms with E-state index in [4.69, 9.17) is 4.55 Å². The van der Waals surface area contributed by atoms with Gasteiger partial charge in [0.25, 0.3) is 16.0 Å². The smallest absolute Gasteiger partial charge is 0.267 e. The lowest BCUT2D eigenvalue weighted by molar-refractivity contribution is -0.116. The van der Waals surface area contributed by atoms with Crippen LogP contribution in [0.15, 0.2) is 36.9 Å². The average molecular weight is 283 g/mol. The second kappa shape index (κ2) is 5.54. The Balaban J connectivity index is 2.78. The minimum atomic E-state index is -4.16. The zero-order valence-electron chi connectivity index (χ0n) is 10.9.